The SMILES string of the molecule is COC(=O)C1=CN(C)C(=O)N(C(=O)NCc2ccccc2)C1.Fc1ccccc1F. The molecule has 0 spiro atoms. The largest absolute Gasteiger partial charge is 0.466 e. The molecule has 30 heavy (non-hydrogen) atoms. The number of hydrogen-bond acceptors (Lipinski definition) is 4. The van der Waals surface area contributed by atoms with Gasteiger partial charge in [-0.2, -0.15) is 0 Å². The number of imide groups is 1. The van der Waals surface area contributed by atoms with E-state index in [4.69, 9.17) is 0 Å². The van der Waals surface area contributed by atoms with E-state index < -0.39 is 29.7 Å². The van der Waals surface area contributed by atoms with Crippen molar-refractivity contribution in [2.45, 2.75) is 6.54 Å². The maximum absolute atomic E-state index is 12.2. The highest BCUT2D eigenvalue weighted by Gasteiger charge is 2.31. The molecule has 9 heteroatoms. The summed E-state index contributed by atoms with van der Waals surface area (Å²) in [6, 6.07) is 13.3. The lowest BCUT2D eigenvalue weighted by atomic mass is 10.2. The van der Waals surface area contributed by atoms with Crippen molar-refractivity contribution in [2.75, 3.05) is 20.7 Å². The number of carbonyl (C=O) groups is 3. The molecule has 7 nitrogen and oxygen atoms in total. The van der Waals surface area contributed by atoms with Gasteiger partial charge in [0, 0.05) is 19.8 Å². The Morgan fingerprint density at radius 3 is 2.13 bits per heavy atom. The fourth-order valence-corrected chi connectivity index (χ4v) is 2.47. The van der Waals surface area contributed by atoms with Crippen molar-refractivity contribution in [1.82, 2.24) is 15.1 Å². The van der Waals surface area contributed by atoms with Crippen LogP contribution >= 0.6 is 0 Å². The van der Waals surface area contributed by atoms with Crippen LogP contribution in [0.5, 0.6) is 0 Å². The molecule has 2 aromatic carbocycles. The normalized spacial score (nSPS) is 13.1. The lowest BCUT2D eigenvalue weighted by Crippen LogP contribution is -2.51. The van der Waals surface area contributed by atoms with E-state index in [0.717, 1.165) is 22.6 Å². The third-order valence-electron chi connectivity index (χ3n) is 4.01. The Morgan fingerprint density at radius 2 is 1.60 bits per heavy atom. The standard InChI is InChI=1S/C15H17N3O4.C6H4F2/c1-17-9-12(13(19)22-2)10-18(15(17)21)14(20)16-8-11-6-4-3-5-7-11;7-5-3-1-2-4-6(5)8/h3-7,9H,8,10H2,1-2H3,(H,16,20);1-4H. The van der Waals surface area contributed by atoms with Gasteiger partial charge in [0.1, 0.15) is 0 Å². The van der Waals surface area contributed by atoms with Gasteiger partial charge in [-0.25, -0.2) is 28.1 Å². The first-order chi connectivity index (χ1) is 14.3. The molecule has 4 amide bonds. The van der Waals surface area contributed by atoms with Gasteiger partial charge in [0.05, 0.1) is 19.2 Å². The summed E-state index contributed by atoms with van der Waals surface area (Å²) in [5, 5.41) is 2.66. The van der Waals surface area contributed by atoms with Gasteiger partial charge in [-0.15, -0.1) is 0 Å². The van der Waals surface area contributed by atoms with E-state index in [1.807, 2.05) is 30.3 Å². The first-order valence-corrected chi connectivity index (χ1v) is 8.88. The van der Waals surface area contributed by atoms with E-state index in [1.54, 1.807) is 0 Å². The minimum atomic E-state index is -0.799. The maximum Gasteiger partial charge on any atom is 0.337 e. The zero-order valence-corrected chi connectivity index (χ0v) is 16.5. The van der Waals surface area contributed by atoms with Crippen LogP contribution < -0.4 is 5.32 Å². The lowest BCUT2D eigenvalue weighted by Gasteiger charge is -2.30. The molecule has 0 radical (unpaired) electrons. The van der Waals surface area contributed by atoms with Gasteiger partial charge in [0.25, 0.3) is 0 Å². The second-order valence-electron chi connectivity index (χ2n) is 6.18. The second kappa shape index (κ2) is 10.7. The van der Waals surface area contributed by atoms with Crippen LogP contribution in [0.1, 0.15) is 5.56 Å². The van der Waals surface area contributed by atoms with Crippen LogP contribution in [-0.4, -0.2) is 48.5 Å². The monoisotopic (exact) mass is 417 g/mol. The number of rotatable bonds is 3. The Labute approximate surface area is 172 Å². The van der Waals surface area contributed by atoms with Gasteiger partial charge < -0.3 is 15.0 Å². The van der Waals surface area contributed by atoms with Crippen molar-refractivity contribution < 1.29 is 27.9 Å². The molecule has 3 rings (SSSR count). The van der Waals surface area contributed by atoms with Crippen molar-refractivity contribution in [2.24, 2.45) is 0 Å². The molecular formula is C21H21F2N3O4. The van der Waals surface area contributed by atoms with Crippen molar-refractivity contribution in [3.63, 3.8) is 0 Å². The molecule has 0 saturated heterocycles. The van der Waals surface area contributed by atoms with E-state index in [1.165, 1.54) is 37.4 Å². The summed E-state index contributed by atoms with van der Waals surface area (Å²) in [5.74, 6) is -2.17. The summed E-state index contributed by atoms with van der Waals surface area (Å²) in [5.41, 5.74) is 1.15. The minimum Gasteiger partial charge on any atom is -0.466 e. The summed E-state index contributed by atoms with van der Waals surface area (Å²) in [6.45, 7) is 0.181. The lowest BCUT2D eigenvalue weighted by molar-refractivity contribution is -0.136. The Kier molecular flexibility index (Phi) is 8.04. The number of methoxy groups -OCH3 is 1. The van der Waals surface area contributed by atoms with Crippen molar-refractivity contribution in [3.8, 4) is 0 Å². The average molecular weight is 417 g/mol. The van der Waals surface area contributed by atoms with E-state index in [0.29, 0.717) is 6.54 Å². The molecule has 0 fully saturated rings. The molecule has 0 saturated carbocycles. The zero-order valence-electron chi connectivity index (χ0n) is 16.5. The summed E-state index contributed by atoms with van der Waals surface area (Å²) in [6.07, 6.45) is 1.37. The van der Waals surface area contributed by atoms with Gasteiger partial charge >= 0.3 is 18.0 Å². The first kappa shape index (κ1) is 22.5. The molecule has 1 heterocycles. The van der Waals surface area contributed by atoms with Crippen molar-refractivity contribution in [1.29, 1.82) is 0 Å². The zero-order chi connectivity index (χ0) is 22.1. The number of urea groups is 2. The van der Waals surface area contributed by atoms with Crippen LogP contribution in [0, 0.1) is 11.6 Å². The van der Waals surface area contributed by atoms with E-state index >= 15 is 0 Å². The quantitative estimate of drug-likeness (QED) is 0.778. The Morgan fingerprint density at radius 1 is 1.03 bits per heavy atom. The molecule has 1 N–H and O–H groups in total. The number of halogens is 2. The van der Waals surface area contributed by atoms with Gasteiger partial charge in [-0.3, -0.25) is 0 Å². The maximum atomic E-state index is 12.2. The smallest absolute Gasteiger partial charge is 0.337 e. The number of nitrogens with one attached hydrogen (secondary N) is 1. The van der Waals surface area contributed by atoms with E-state index in [9.17, 15) is 23.2 Å². The highest BCUT2D eigenvalue weighted by atomic mass is 19.2. The van der Waals surface area contributed by atoms with Crippen molar-refractivity contribution in [3.05, 3.63) is 83.6 Å². The number of esters is 1. The molecule has 0 atom stereocenters. The molecule has 158 valence electrons. The predicted octanol–water partition coefficient (Wildman–Crippen LogP) is 3.29. The Bertz CT molecular complexity index is 914. The van der Waals surface area contributed by atoms with E-state index in [2.05, 4.69) is 10.1 Å². The average Bonchev–Trinajstić information content (AvgIpc) is 2.76. The molecule has 0 aliphatic carbocycles. The fourth-order valence-electron chi connectivity index (χ4n) is 2.47. The van der Waals surface area contributed by atoms with Crippen LogP contribution in [-0.2, 0) is 16.1 Å². The van der Waals surface area contributed by atoms with E-state index in [-0.39, 0.29) is 12.1 Å². The number of carbonyl (C=O) groups excluding carboxylic acids is 3. The third-order valence-corrected chi connectivity index (χ3v) is 4.01. The topological polar surface area (TPSA) is 79.0 Å². The second-order valence-corrected chi connectivity index (χ2v) is 6.18. The molecule has 1 aliphatic rings. The minimum absolute atomic E-state index is 0.115. The summed E-state index contributed by atoms with van der Waals surface area (Å²) < 4.78 is 28.5. The fraction of sp³-hybridized carbons (Fsp3) is 0.190. The highest BCUT2D eigenvalue weighted by molar-refractivity contribution is 5.99. The highest BCUT2D eigenvalue weighted by Crippen LogP contribution is 2.13. The van der Waals surface area contributed by atoms with Gasteiger partial charge in [-0.05, 0) is 17.7 Å². The summed E-state index contributed by atoms with van der Waals surface area (Å²) in [7, 11) is 2.72. The number of hydrogen-bond donors (Lipinski definition) is 1. The van der Waals surface area contributed by atoms with Gasteiger partial charge in [-0.1, -0.05) is 42.5 Å². The first-order valence-electron chi connectivity index (χ1n) is 8.88. The summed E-state index contributed by atoms with van der Waals surface area (Å²) in [4.78, 5) is 37.9. The van der Waals surface area contributed by atoms with Crippen LogP contribution in [0.15, 0.2) is 66.4 Å². The molecule has 2 aromatic rings. The van der Waals surface area contributed by atoms with Gasteiger partial charge in [0.2, 0.25) is 0 Å². The van der Waals surface area contributed by atoms with Crippen LogP contribution in [0.4, 0.5) is 18.4 Å². The Hall–Kier alpha value is -3.75. The molecular weight excluding hydrogens is 396 g/mol. The number of benzene rings is 2. The predicted molar refractivity (Wildman–Crippen MR) is 105 cm³/mol. The third kappa shape index (κ3) is 6.13. The molecule has 0 aromatic heterocycles. The van der Waals surface area contributed by atoms with Gasteiger partial charge in [0.15, 0.2) is 11.6 Å². The number of nitrogens with zero attached hydrogens (tertiary/aromatic N) is 2. The van der Waals surface area contributed by atoms with Crippen LogP contribution in [0.2, 0.25) is 0 Å². The number of amides is 4. The Balaban J connectivity index is 0.000000335. The number of ether oxygens (including phenoxy) is 1. The summed E-state index contributed by atoms with van der Waals surface area (Å²) >= 11 is 0. The molecule has 1 aliphatic heterocycles. The van der Waals surface area contributed by atoms with Crippen LogP contribution in [0.25, 0.3) is 0 Å². The van der Waals surface area contributed by atoms with Crippen LogP contribution in [0.3, 0.4) is 0 Å². The molecule has 0 bridgehead atoms. The van der Waals surface area contributed by atoms with Crippen molar-refractivity contribution >= 4 is 18.0 Å². The molecule has 0 unspecified atom stereocenters.